The summed E-state index contributed by atoms with van der Waals surface area (Å²) in [5.74, 6) is 0.612. The second-order valence-electron chi connectivity index (χ2n) is 5.09. The van der Waals surface area contributed by atoms with Crippen molar-refractivity contribution in [3.05, 3.63) is 12.0 Å². The van der Waals surface area contributed by atoms with Gasteiger partial charge in [-0.25, -0.2) is 13.4 Å². The molecule has 6 nitrogen and oxygen atoms in total. The van der Waals surface area contributed by atoms with Gasteiger partial charge >= 0.3 is 0 Å². The van der Waals surface area contributed by atoms with Gasteiger partial charge in [-0.2, -0.15) is 4.31 Å². The molecule has 0 aliphatic carbocycles. The van der Waals surface area contributed by atoms with Gasteiger partial charge in [0.15, 0.2) is 5.03 Å². The first kappa shape index (κ1) is 14.5. The van der Waals surface area contributed by atoms with Crippen LogP contribution < -0.4 is 5.32 Å². The van der Waals surface area contributed by atoms with Crippen molar-refractivity contribution in [2.24, 2.45) is 0 Å². The predicted octanol–water partition coefficient (Wildman–Crippen LogP) is 0.871. The number of aryl methyl sites for hydroxylation is 1. The van der Waals surface area contributed by atoms with E-state index in [1.54, 1.807) is 14.0 Å². The number of aromatic nitrogens is 2. The van der Waals surface area contributed by atoms with Crippen LogP contribution in [0.5, 0.6) is 0 Å². The van der Waals surface area contributed by atoms with Crippen LogP contribution in [0.1, 0.15) is 31.5 Å². The molecule has 1 fully saturated rings. The molecule has 0 bridgehead atoms. The van der Waals surface area contributed by atoms with Crippen molar-refractivity contribution in [1.29, 1.82) is 0 Å². The zero-order valence-electron chi connectivity index (χ0n) is 11.5. The molecule has 1 atom stereocenters. The van der Waals surface area contributed by atoms with Crippen LogP contribution in [0, 0.1) is 6.92 Å². The molecular weight excluding hydrogens is 264 g/mol. The van der Waals surface area contributed by atoms with Gasteiger partial charge in [0.1, 0.15) is 5.82 Å². The Morgan fingerprint density at radius 2 is 2.26 bits per heavy atom. The molecule has 2 N–H and O–H groups in total. The van der Waals surface area contributed by atoms with E-state index in [1.165, 1.54) is 23.3 Å². The summed E-state index contributed by atoms with van der Waals surface area (Å²) < 4.78 is 25.9. The van der Waals surface area contributed by atoms with Crippen molar-refractivity contribution < 1.29 is 8.42 Å². The number of piperidine rings is 1. The van der Waals surface area contributed by atoms with Gasteiger partial charge in [0.05, 0.1) is 6.20 Å². The lowest BCUT2D eigenvalue weighted by Crippen LogP contribution is -2.38. The van der Waals surface area contributed by atoms with Gasteiger partial charge in [-0.1, -0.05) is 6.42 Å². The van der Waals surface area contributed by atoms with Crippen LogP contribution in [0.3, 0.4) is 0 Å². The minimum atomic E-state index is -3.43. The molecular formula is C12H22N4O2S. The van der Waals surface area contributed by atoms with Gasteiger partial charge in [-0.15, -0.1) is 0 Å². The van der Waals surface area contributed by atoms with Gasteiger partial charge in [-0.3, -0.25) is 0 Å². The number of rotatable bonds is 5. The minimum Gasteiger partial charge on any atom is -0.332 e. The van der Waals surface area contributed by atoms with Crippen molar-refractivity contribution in [3.8, 4) is 0 Å². The molecule has 1 unspecified atom stereocenters. The Hall–Kier alpha value is -0.920. The molecule has 1 aromatic heterocycles. The Morgan fingerprint density at radius 3 is 2.84 bits per heavy atom. The highest BCUT2D eigenvalue weighted by Crippen LogP contribution is 2.15. The van der Waals surface area contributed by atoms with E-state index in [9.17, 15) is 8.42 Å². The standard InChI is InChI=1S/C12H22N4O2S/c1-10-14-9-12(15-10)19(17,18)16(2)8-6-11-5-3-4-7-13-11/h9,11,13H,3-8H2,1-2H3,(H,14,15). The van der Waals surface area contributed by atoms with E-state index in [0.717, 1.165) is 19.4 Å². The summed E-state index contributed by atoms with van der Waals surface area (Å²) in [6, 6.07) is 0.440. The first-order valence-electron chi connectivity index (χ1n) is 6.71. The fourth-order valence-corrected chi connectivity index (χ4v) is 3.47. The minimum absolute atomic E-state index is 0.170. The monoisotopic (exact) mass is 286 g/mol. The topological polar surface area (TPSA) is 78.1 Å². The second-order valence-corrected chi connectivity index (χ2v) is 7.11. The van der Waals surface area contributed by atoms with Gasteiger partial charge in [0, 0.05) is 19.6 Å². The molecule has 0 saturated carbocycles. The average Bonchev–Trinajstić information content (AvgIpc) is 2.84. The molecule has 0 amide bonds. The molecule has 0 radical (unpaired) electrons. The quantitative estimate of drug-likeness (QED) is 0.842. The second kappa shape index (κ2) is 6.02. The lowest BCUT2D eigenvalue weighted by Gasteiger charge is -2.25. The van der Waals surface area contributed by atoms with Crippen LogP contribution in [0.15, 0.2) is 11.2 Å². The normalized spacial score (nSPS) is 20.9. The van der Waals surface area contributed by atoms with Crippen molar-refractivity contribution >= 4 is 10.0 Å². The third kappa shape index (κ3) is 3.55. The summed E-state index contributed by atoms with van der Waals surface area (Å²) >= 11 is 0. The summed E-state index contributed by atoms with van der Waals surface area (Å²) in [6.07, 6.45) is 5.81. The molecule has 19 heavy (non-hydrogen) atoms. The number of nitrogens with one attached hydrogen (secondary N) is 2. The fourth-order valence-electron chi connectivity index (χ4n) is 2.33. The SMILES string of the molecule is Cc1ncc(S(=O)(=O)N(C)CCC2CCCCN2)[nH]1. The lowest BCUT2D eigenvalue weighted by molar-refractivity contribution is 0.351. The third-order valence-electron chi connectivity index (χ3n) is 3.57. The van der Waals surface area contributed by atoms with Crippen LogP contribution >= 0.6 is 0 Å². The maximum Gasteiger partial charge on any atom is 0.259 e. The van der Waals surface area contributed by atoms with Gasteiger partial charge in [-0.05, 0) is 32.7 Å². The predicted molar refractivity (Wildman–Crippen MR) is 73.4 cm³/mol. The van der Waals surface area contributed by atoms with E-state index in [1.807, 2.05) is 0 Å². The van der Waals surface area contributed by atoms with E-state index in [0.29, 0.717) is 18.4 Å². The van der Waals surface area contributed by atoms with Crippen molar-refractivity contribution in [2.75, 3.05) is 20.1 Å². The third-order valence-corrected chi connectivity index (χ3v) is 5.34. The highest BCUT2D eigenvalue weighted by atomic mass is 32.2. The Morgan fingerprint density at radius 1 is 1.47 bits per heavy atom. The maximum atomic E-state index is 12.3. The van der Waals surface area contributed by atoms with E-state index < -0.39 is 10.0 Å². The number of hydrogen-bond donors (Lipinski definition) is 2. The zero-order chi connectivity index (χ0) is 13.9. The molecule has 0 aromatic carbocycles. The lowest BCUT2D eigenvalue weighted by atomic mass is 10.0. The number of aromatic amines is 1. The molecule has 108 valence electrons. The molecule has 1 saturated heterocycles. The van der Waals surface area contributed by atoms with Gasteiger partial charge in [0.25, 0.3) is 10.0 Å². The molecule has 2 heterocycles. The number of H-pyrrole nitrogens is 1. The Labute approximate surface area is 114 Å². The van der Waals surface area contributed by atoms with Crippen molar-refractivity contribution in [2.45, 2.75) is 43.7 Å². The summed E-state index contributed by atoms with van der Waals surface area (Å²) in [5, 5.41) is 3.60. The summed E-state index contributed by atoms with van der Waals surface area (Å²) in [6.45, 7) is 3.31. The summed E-state index contributed by atoms with van der Waals surface area (Å²) in [7, 11) is -1.81. The number of sulfonamides is 1. The van der Waals surface area contributed by atoms with E-state index in [4.69, 9.17) is 0 Å². The first-order valence-corrected chi connectivity index (χ1v) is 8.15. The average molecular weight is 286 g/mol. The van der Waals surface area contributed by atoms with Gasteiger partial charge < -0.3 is 10.3 Å². The first-order chi connectivity index (χ1) is 9.00. The molecule has 1 aliphatic rings. The van der Waals surface area contributed by atoms with E-state index >= 15 is 0 Å². The Bertz CT molecular complexity index is 506. The van der Waals surface area contributed by atoms with E-state index in [-0.39, 0.29) is 5.03 Å². The van der Waals surface area contributed by atoms with Crippen molar-refractivity contribution in [1.82, 2.24) is 19.6 Å². The molecule has 7 heteroatoms. The van der Waals surface area contributed by atoms with Crippen molar-refractivity contribution in [3.63, 3.8) is 0 Å². The highest BCUT2D eigenvalue weighted by Gasteiger charge is 2.23. The fraction of sp³-hybridized carbons (Fsp3) is 0.750. The number of nitrogens with zero attached hydrogens (tertiary/aromatic N) is 2. The number of hydrogen-bond acceptors (Lipinski definition) is 4. The van der Waals surface area contributed by atoms with Gasteiger partial charge in [0.2, 0.25) is 0 Å². The largest absolute Gasteiger partial charge is 0.332 e. The Balaban J connectivity index is 1.93. The molecule has 1 aromatic rings. The highest BCUT2D eigenvalue weighted by molar-refractivity contribution is 7.89. The van der Waals surface area contributed by atoms with Crippen LogP contribution in [0.4, 0.5) is 0 Å². The van der Waals surface area contributed by atoms with Crippen LogP contribution in [-0.2, 0) is 10.0 Å². The smallest absolute Gasteiger partial charge is 0.259 e. The van der Waals surface area contributed by atoms with Crippen LogP contribution in [-0.4, -0.2) is 48.9 Å². The molecule has 0 spiro atoms. The van der Waals surface area contributed by atoms with E-state index in [2.05, 4.69) is 15.3 Å². The number of imidazole rings is 1. The summed E-state index contributed by atoms with van der Waals surface area (Å²) in [4.78, 5) is 6.72. The van der Waals surface area contributed by atoms with Crippen LogP contribution in [0.2, 0.25) is 0 Å². The van der Waals surface area contributed by atoms with Crippen LogP contribution in [0.25, 0.3) is 0 Å². The zero-order valence-corrected chi connectivity index (χ0v) is 12.3. The Kier molecular flexibility index (Phi) is 4.59. The molecule has 1 aliphatic heterocycles. The molecule has 2 rings (SSSR count). The summed E-state index contributed by atoms with van der Waals surface area (Å²) in [5.41, 5.74) is 0. The maximum absolute atomic E-state index is 12.3.